The minimum atomic E-state index is 0.244. The number of rotatable bonds is 4. The molecule has 1 aromatic carbocycles. The smallest absolute Gasteiger partial charge is 0.209 e. The molecule has 0 radical (unpaired) electrons. The van der Waals surface area contributed by atoms with Crippen LogP contribution in [0.1, 0.15) is 25.3 Å². The van der Waals surface area contributed by atoms with Gasteiger partial charge in [0.25, 0.3) is 0 Å². The lowest BCUT2D eigenvalue weighted by Gasteiger charge is -2.00. The molecular weight excluding hydrogens is 212 g/mol. The van der Waals surface area contributed by atoms with E-state index in [-0.39, 0.29) is 5.88 Å². The van der Waals surface area contributed by atoms with Crippen LogP contribution >= 0.6 is 0 Å². The first-order valence-corrected chi connectivity index (χ1v) is 6.04. The Balaban J connectivity index is 2.24. The van der Waals surface area contributed by atoms with Gasteiger partial charge in [-0.2, -0.15) is 5.10 Å². The molecule has 1 aromatic heterocycles. The summed E-state index contributed by atoms with van der Waals surface area (Å²) >= 11 is 0. The summed E-state index contributed by atoms with van der Waals surface area (Å²) in [4.78, 5) is 0. The second-order valence-electron chi connectivity index (χ2n) is 4.33. The molecule has 1 heterocycles. The zero-order chi connectivity index (χ0) is 12.3. The molecule has 0 saturated carbocycles. The highest BCUT2D eigenvalue weighted by molar-refractivity contribution is 5.60. The van der Waals surface area contributed by atoms with Crippen molar-refractivity contribution in [1.29, 1.82) is 0 Å². The topological polar surface area (TPSA) is 38.0 Å². The van der Waals surface area contributed by atoms with Gasteiger partial charge in [-0.3, -0.25) is 0 Å². The Hall–Kier alpha value is -1.77. The van der Waals surface area contributed by atoms with Crippen LogP contribution in [0, 0.1) is 6.92 Å². The van der Waals surface area contributed by atoms with E-state index in [0.717, 1.165) is 30.6 Å². The van der Waals surface area contributed by atoms with Crippen molar-refractivity contribution in [1.82, 2.24) is 9.78 Å². The zero-order valence-electron chi connectivity index (χ0n) is 10.3. The highest BCUT2D eigenvalue weighted by atomic mass is 16.3. The van der Waals surface area contributed by atoms with Crippen LogP contribution in [0.3, 0.4) is 0 Å². The molecule has 17 heavy (non-hydrogen) atoms. The summed E-state index contributed by atoms with van der Waals surface area (Å²) in [6.45, 7) is 4.96. The maximum absolute atomic E-state index is 9.77. The predicted molar refractivity (Wildman–Crippen MR) is 69.0 cm³/mol. The van der Waals surface area contributed by atoms with Gasteiger partial charge in [0.1, 0.15) is 0 Å². The van der Waals surface area contributed by atoms with E-state index in [1.54, 1.807) is 10.7 Å². The van der Waals surface area contributed by atoms with Crippen LogP contribution < -0.4 is 0 Å². The summed E-state index contributed by atoms with van der Waals surface area (Å²) in [5.41, 5.74) is 3.10. The molecule has 2 aromatic rings. The quantitative estimate of drug-likeness (QED) is 0.874. The van der Waals surface area contributed by atoms with E-state index in [1.165, 1.54) is 5.56 Å². The Morgan fingerprint density at radius 1 is 1.24 bits per heavy atom. The third kappa shape index (κ3) is 2.67. The Morgan fingerprint density at radius 3 is 2.59 bits per heavy atom. The van der Waals surface area contributed by atoms with Crippen LogP contribution in [0.2, 0.25) is 0 Å². The van der Waals surface area contributed by atoms with Gasteiger partial charge in [0.2, 0.25) is 5.88 Å². The molecule has 0 aliphatic carbocycles. The first-order chi connectivity index (χ1) is 8.20. The number of aromatic nitrogens is 2. The van der Waals surface area contributed by atoms with Crippen LogP contribution in [-0.4, -0.2) is 14.9 Å². The fourth-order valence-electron chi connectivity index (χ4n) is 1.74. The minimum absolute atomic E-state index is 0.244. The van der Waals surface area contributed by atoms with E-state index in [0.29, 0.717) is 0 Å². The van der Waals surface area contributed by atoms with Crippen molar-refractivity contribution in [3.63, 3.8) is 0 Å². The second-order valence-corrected chi connectivity index (χ2v) is 4.33. The lowest BCUT2D eigenvalue weighted by molar-refractivity contribution is 0.394. The molecule has 2 rings (SSSR count). The number of aryl methyl sites for hydroxylation is 2. The van der Waals surface area contributed by atoms with Crippen molar-refractivity contribution < 1.29 is 5.11 Å². The normalized spacial score (nSPS) is 10.7. The summed E-state index contributed by atoms with van der Waals surface area (Å²) in [7, 11) is 0. The SMILES string of the molecule is CCCCn1nc(-c2ccc(C)cc2)cc1O. The number of nitrogens with zero attached hydrogens (tertiary/aromatic N) is 2. The van der Waals surface area contributed by atoms with E-state index in [4.69, 9.17) is 0 Å². The van der Waals surface area contributed by atoms with E-state index < -0.39 is 0 Å². The van der Waals surface area contributed by atoms with Crippen molar-refractivity contribution in [3.8, 4) is 17.1 Å². The van der Waals surface area contributed by atoms with Gasteiger partial charge in [-0.25, -0.2) is 4.68 Å². The van der Waals surface area contributed by atoms with Crippen molar-refractivity contribution >= 4 is 0 Å². The summed E-state index contributed by atoms with van der Waals surface area (Å²) in [6.07, 6.45) is 2.13. The third-order valence-corrected chi connectivity index (χ3v) is 2.83. The molecule has 0 aliphatic rings. The van der Waals surface area contributed by atoms with E-state index in [2.05, 4.69) is 31.1 Å². The largest absolute Gasteiger partial charge is 0.493 e. The molecule has 0 fully saturated rings. The molecule has 0 saturated heterocycles. The number of aromatic hydroxyl groups is 1. The molecule has 0 aliphatic heterocycles. The summed E-state index contributed by atoms with van der Waals surface area (Å²) in [5.74, 6) is 0.244. The first kappa shape index (κ1) is 11.7. The second kappa shape index (κ2) is 5.04. The van der Waals surface area contributed by atoms with Gasteiger partial charge in [-0.05, 0) is 13.3 Å². The van der Waals surface area contributed by atoms with Crippen molar-refractivity contribution in [3.05, 3.63) is 35.9 Å². The Labute approximate surface area is 102 Å². The first-order valence-electron chi connectivity index (χ1n) is 6.04. The third-order valence-electron chi connectivity index (χ3n) is 2.83. The van der Waals surface area contributed by atoms with Crippen LogP contribution in [0.25, 0.3) is 11.3 Å². The van der Waals surface area contributed by atoms with E-state index in [9.17, 15) is 5.11 Å². The molecule has 0 atom stereocenters. The molecule has 0 unspecified atom stereocenters. The molecule has 90 valence electrons. The van der Waals surface area contributed by atoms with Crippen LogP contribution in [0.15, 0.2) is 30.3 Å². The standard InChI is InChI=1S/C14H18N2O/c1-3-4-9-16-14(17)10-13(15-16)12-7-5-11(2)6-8-12/h5-8,10,17H,3-4,9H2,1-2H3. The van der Waals surface area contributed by atoms with Gasteiger partial charge in [0.15, 0.2) is 0 Å². The molecule has 0 amide bonds. The van der Waals surface area contributed by atoms with Crippen LogP contribution in [-0.2, 0) is 6.54 Å². The van der Waals surface area contributed by atoms with E-state index >= 15 is 0 Å². The van der Waals surface area contributed by atoms with Gasteiger partial charge >= 0.3 is 0 Å². The van der Waals surface area contributed by atoms with Gasteiger partial charge in [0.05, 0.1) is 5.69 Å². The molecular formula is C14H18N2O. The minimum Gasteiger partial charge on any atom is -0.493 e. The molecule has 1 N–H and O–H groups in total. The highest BCUT2D eigenvalue weighted by Gasteiger charge is 2.07. The molecule has 0 spiro atoms. The van der Waals surface area contributed by atoms with E-state index in [1.807, 2.05) is 12.1 Å². The fourth-order valence-corrected chi connectivity index (χ4v) is 1.74. The van der Waals surface area contributed by atoms with Gasteiger partial charge in [0, 0.05) is 18.2 Å². The number of hydrogen-bond acceptors (Lipinski definition) is 2. The van der Waals surface area contributed by atoms with Crippen molar-refractivity contribution in [2.45, 2.75) is 33.2 Å². The fraction of sp³-hybridized carbons (Fsp3) is 0.357. The monoisotopic (exact) mass is 230 g/mol. The Morgan fingerprint density at radius 2 is 1.94 bits per heavy atom. The van der Waals surface area contributed by atoms with Gasteiger partial charge in [-0.1, -0.05) is 43.2 Å². The predicted octanol–water partition coefficient (Wildman–Crippen LogP) is 3.36. The molecule has 0 bridgehead atoms. The molecule has 3 nitrogen and oxygen atoms in total. The average molecular weight is 230 g/mol. The van der Waals surface area contributed by atoms with Crippen molar-refractivity contribution in [2.75, 3.05) is 0 Å². The Bertz CT molecular complexity index is 485. The van der Waals surface area contributed by atoms with Crippen LogP contribution in [0.5, 0.6) is 5.88 Å². The zero-order valence-corrected chi connectivity index (χ0v) is 10.3. The summed E-state index contributed by atoms with van der Waals surface area (Å²) in [6, 6.07) is 9.89. The van der Waals surface area contributed by atoms with Gasteiger partial charge in [-0.15, -0.1) is 0 Å². The summed E-state index contributed by atoms with van der Waals surface area (Å²) < 4.78 is 1.67. The lowest BCUT2D eigenvalue weighted by Crippen LogP contribution is -1.99. The lowest BCUT2D eigenvalue weighted by atomic mass is 10.1. The molecule has 3 heteroatoms. The van der Waals surface area contributed by atoms with Gasteiger partial charge < -0.3 is 5.11 Å². The van der Waals surface area contributed by atoms with Crippen molar-refractivity contribution in [2.24, 2.45) is 0 Å². The average Bonchev–Trinajstić information content (AvgIpc) is 2.69. The van der Waals surface area contributed by atoms with Crippen LogP contribution in [0.4, 0.5) is 0 Å². The number of benzene rings is 1. The highest BCUT2D eigenvalue weighted by Crippen LogP contribution is 2.23. The number of unbranched alkanes of at least 4 members (excludes halogenated alkanes) is 1. The summed E-state index contributed by atoms with van der Waals surface area (Å²) in [5, 5.41) is 14.2. The maximum Gasteiger partial charge on any atom is 0.209 e. The Kier molecular flexibility index (Phi) is 3.47. The number of hydrogen-bond donors (Lipinski definition) is 1. The maximum atomic E-state index is 9.77.